The molecule has 0 aliphatic heterocycles. The average molecular weight is 405 g/mol. The normalized spacial score (nSPS) is 11.9. The second kappa shape index (κ2) is 7.84. The number of aromatic nitrogens is 3. The van der Waals surface area contributed by atoms with Gasteiger partial charge in [0, 0.05) is 5.56 Å². The molecule has 8 heteroatoms. The van der Waals surface area contributed by atoms with Gasteiger partial charge in [0.25, 0.3) is 11.8 Å². The van der Waals surface area contributed by atoms with E-state index in [2.05, 4.69) is 20.8 Å². The van der Waals surface area contributed by atoms with Crippen LogP contribution in [0.2, 0.25) is 0 Å². The Morgan fingerprint density at radius 1 is 1.03 bits per heavy atom. The van der Waals surface area contributed by atoms with Crippen LogP contribution in [0.15, 0.2) is 60.9 Å². The lowest BCUT2D eigenvalue weighted by molar-refractivity contribution is -0.124. The number of rotatable bonds is 4. The maximum absolute atomic E-state index is 12.6. The molecule has 2 aromatic heterocycles. The monoisotopic (exact) mass is 405 g/mol. The first kappa shape index (κ1) is 18.8. The fraction of sp³-hybridized carbons (Fsp3) is 0.143. The molecule has 0 aliphatic rings. The topological polar surface area (TPSA) is 88.9 Å². The number of nitrogens with one attached hydrogen (secondary N) is 2. The molecule has 2 heterocycles. The van der Waals surface area contributed by atoms with E-state index >= 15 is 0 Å². The molecule has 29 heavy (non-hydrogen) atoms. The second-order valence-corrected chi connectivity index (χ2v) is 7.56. The van der Waals surface area contributed by atoms with E-state index in [4.69, 9.17) is 0 Å². The molecule has 4 rings (SSSR count). The van der Waals surface area contributed by atoms with Gasteiger partial charge in [-0.1, -0.05) is 42.5 Å². The zero-order valence-electron chi connectivity index (χ0n) is 15.9. The van der Waals surface area contributed by atoms with Crippen molar-refractivity contribution in [3.63, 3.8) is 0 Å². The number of nitrogens with zero attached hydrogens (tertiary/aromatic N) is 3. The minimum absolute atomic E-state index is 0.341. The first-order valence-corrected chi connectivity index (χ1v) is 9.91. The maximum atomic E-state index is 12.6. The molecule has 2 aromatic carbocycles. The zero-order valence-corrected chi connectivity index (χ0v) is 16.7. The van der Waals surface area contributed by atoms with Gasteiger partial charge in [-0.05, 0) is 26.0 Å². The summed E-state index contributed by atoms with van der Waals surface area (Å²) in [5, 5.41) is 0.762. The van der Waals surface area contributed by atoms with Crippen molar-refractivity contribution in [1.29, 1.82) is 0 Å². The van der Waals surface area contributed by atoms with E-state index in [0.717, 1.165) is 21.6 Å². The number of fused-ring (bicyclic) bond motifs is 1. The van der Waals surface area contributed by atoms with E-state index in [1.165, 1.54) is 11.3 Å². The molecule has 0 bridgehead atoms. The summed E-state index contributed by atoms with van der Waals surface area (Å²) >= 11 is 1.29. The summed E-state index contributed by atoms with van der Waals surface area (Å²) in [7, 11) is 0. The van der Waals surface area contributed by atoms with Crippen molar-refractivity contribution >= 4 is 34.2 Å². The number of hydrazine groups is 1. The Morgan fingerprint density at radius 2 is 1.76 bits per heavy atom. The number of thiazole rings is 1. The predicted octanol–water partition coefficient (Wildman–Crippen LogP) is 3.49. The molecular weight excluding hydrogens is 386 g/mol. The van der Waals surface area contributed by atoms with Crippen LogP contribution in [0.5, 0.6) is 0 Å². The maximum Gasteiger partial charge on any atom is 0.281 e. The Kier molecular flexibility index (Phi) is 5.09. The molecule has 4 aromatic rings. The van der Waals surface area contributed by atoms with Crippen LogP contribution in [0, 0.1) is 6.92 Å². The first-order valence-electron chi connectivity index (χ1n) is 9.09. The Balaban J connectivity index is 1.44. The molecular formula is C21H19N5O2S. The van der Waals surface area contributed by atoms with Crippen molar-refractivity contribution in [2.75, 3.05) is 0 Å². The van der Waals surface area contributed by atoms with Gasteiger partial charge in [0.2, 0.25) is 0 Å². The number of aryl methyl sites for hydroxylation is 1. The quantitative estimate of drug-likeness (QED) is 0.509. The number of para-hydroxylation sites is 2. The van der Waals surface area contributed by atoms with Gasteiger partial charge in [-0.25, -0.2) is 9.97 Å². The van der Waals surface area contributed by atoms with Gasteiger partial charge in [0.05, 0.1) is 23.1 Å². The first-order chi connectivity index (χ1) is 14.0. The van der Waals surface area contributed by atoms with Gasteiger partial charge >= 0.3 is 0 Å². The van der Waals surface area contributed by atoms with Crippen LogP contribution >= 0.6 is 11.3 Å². The van der Waals surface area contributed by atoms with Crippen molar-refractivity contribution < 1.29 is 9.59 Å². The van der Waals surface area contributed by atoms with Gasteiger partial charge in [-0.3, -0.25) is 20.4 Å². The van der Waals surface area contributed by atoms with Gasteiger partial charge in [-0.15, -0.1) is 11.3 Å². The van der Waals surface area contributed by atoms with Crippen LogP contribution in [0.1, 0.15) is 28.3 Å². The largest absolute Gasteiger partial charge is 0.318 e. The van der Waals surface area contributed by atoms with Crippen molar-refractivity contribution in [3.8, 4) is 10.6 Å². The number of carbonyl (C=O) groups excluding carboxylic acids is 2. The van der Waals surface area contributed by atoms with Crippen molar-refractivity contribution in [3.05, 3.63) is 71.5 Å². The highest BCUT2D eigenvalue weighted by Gasteiger charge is 2.20. The third-order valence-electron chi connectivity index (χ3n) is 4.60. The van der Waals surface area contributed by atoms with Crippen LogP contribution in [0.3, 0.4) is 0 Å². The molecule has 0 saturated carbocycles. The molecule has 146 valence electrons. The Labute approximate surface area is 171 Å². The van der Waals surface area contributed by atoms with Crippen LogP contribution in [-0.2, 0) is 4.79 Å². The average Bonchev–Trinajstić information content (AvgIpc) is 3.35. The minimum Gasteiger partial charge on any atom is -0.318 e. The lowest BCUT2D eigenvalue weighted by Crippen LogP contribution is -2.44. The van der Waals surface area contributed by atoms with Crippen LogP contribution < -0.4 is 10.9 Å². The molecule has 2 amide bonds. The van der Waals surface area contributed by atoms with E-state index < -0.39 is 11.9 Å². The van der Waals surface area contributed by atoms with E-state index in [1.54, 1.807) is 24.7 Å². The zero-order chi connectivity index (χ0) is 20.4. The van der Waals surface area contributed by atoms with Gasteiger partial charge in [0.15, 0.2) is 0 Å². The number of carbonyl (C=O) groups is 2. The smallest absolute Gasteiger partial charge is 0.281 e. The number of benzene rings is 2. The summed E-state index contributed by atoms with van der Waals surface area (Å²) in [5.41, 5.74) is 8.23. The highest BCUT2D eigenvalue weighted by Crippen LogP contribution is 2.27. The minimum atomic E-state index is -0.537. The fourth-order valence-corrected chi connectivity index (χ4v) is 3.97. The summed E-state index contributed by atoms with van der Waals surface area (Å²) in [6.07, 6.45) is 1.62. The van der Waals surface area contributed by atoms with Gasteiger partial charge in [-0.2, -0.15) is 0 Å². The number of hydrogen-bond acceptors (Lipinski definition) is 5. The molecule has 0 fully saturated rings. The Bertz CT molecular complexity index is 1180. The highest BCUT2D eigenvalue weighted by molar-refractivity contribution is 7.17. The van der Waals surface area contributed by atoms with E-state index in [-0.39, 0.29) is 5.91 Å². The molecule has 1 atom stereocenters. The standard InChI is InChI=1S/C21H19N5O2S/c1-13-18(29-21(23-13)15-8-4-3-5-9-15)20(28)25-24-19(27)14(2)26-12-22-16-10-6-7-11-17(16)26/h3-12,14H,1-2H3,(H,24,27)(H,25,28). The summed E-state index contributed by atoms with van der Waals surface area (Å²) in [6.45, 7) is 3.53. The molecule has 0 aliphatic carbocycles. The second-order valence-electron chi connectivity index (χ2n) is 6.56. The lowest BCUT2D eigenvalue weighted by Gasteiger charge is -2.15. The molecule has 1 unspecified atom stereocenters. The molecule has 2 N–H and O–H groups in total. The van der Waals surface area contributed by atoms with Crippen LogP contribution in [0.25, 0.3) is 21.6 Å². The van der Waals surface area contributed by atoms with Crippen molar-refractivity contribution in [2.45, 2.75) is 19.9 Å². The molecule has 0 saturated heterocycles. The van der Waals surface area contributed by atoms with E-state index in [9.17, 15) is 9.59 Å². The lowest BCUT2D eigenvalue weighted by atomic mass is 10.2. The molecule has 0 radical (unpaired) electrons. The third-order valence-corrected chi connectivity index (χ3v) is 5.81. The van der Waals surface area contributed by atoms with Crippen LogP contribution in [-0.4, -0.2) is 26.3 Å². The summed E-state index contributed by atoms with van der Waals surface area (Å²) in [6, 6.07) is 16.7. The van der Waals surface area contributed by atoms with Gasteiger partial charge < -0.3 is 4.57 Å². The SMILES string of the molecule is Cc1nc(-c2ccccc2)sc1C(=O)NNC(=O)C(C)n1cnc2ccccc21. The predicted molar refractivity (Wildman–Crippen MR) is 112 cm³/mol. The Hall–Kier alpha value is -3.52. The van der Waals surface area contributed by atoms with Gasteiger partial charge in [0.1, 0.15) is 15.9 Å². The number of hydrogen-bond donors (Lipinski definition) is 2. The Morgan fingerprint density at radius 3 is 2.55 bits per heavy atom. The summed E-state index contributed by atoms with van der Waals surface area (Å²) in [5.74, 6) is -0.731. The van der Waals surface area contributed by atoms with E-state index in [1.807, 2.05) is 54.6 Å². The van der Waals surface area contributed by atoms with Crippen molar-refractivity contribution in [2.24, 2.45) is 0 Å². The van der Waals surface area contributed by atoms with Crippen LogP contribution in [0.4, 0.5) is 0 Å². The van der Waals surface area contributed by atoms with Crippen molar-refractivity contribution in [1.82, 2.24) is 25.4 Å². The molecule has 7 nitrogen and oxygen atoms in total. The summed E-state index contributed by atoms with van der Waals surface area (Å²) in [4.78, 5) is 34.3. The number of amides is 2. The number of imidazole rings is 1. The molecule has 0 spiro atoms. The highest BCUT2D eigenvalue weighted by atomic mass is 32.1. The fourth-order valence-electron chi connectivity index (χ4n) is 3.00. The van der Waals surface area contributed by atoms with E-state index in [0.29, 0.717) is 10.6 Å². The summed E-state index contributed by atoms with van der Waals surface area (Å²) < 4.78 is 1.77. The third kappa shape index (κ3) is 3.74.